The Morgan fingerprint density at radius 2 is 2.05 bits per heavy atom. The monoisotopic (exact) mass is 269 g/mol. The van der Waals surface area contributed by atoms with Crippen LogP contribution in [0.15, 0.2) is 4.52 Å². The SMILES string of the molecule is CC(C)N(CCC(=O)O)Cc1noc(C(C)(C)C)n1. The zero-order valence-corrected chi connectivity index (χ0v) is 12.3. The van der Waals surface area contributed by atoms with Crippen molar-refractivity contribution in [3.8, 4) is 0 Å². The standard InChI is InChI=1S/C13H23N3O3/c1-9(2)16(7-6-11(17)18)8-10-14-12(19-15-10)13(3,4)5/h9H,6-8H2,1-5H3,(H,17,18). The quantitative estimate of drug-likeness (QED) is 0.851. The first-order valence-electron chi connectivity index (χ1n) is 6.49. The van der Waals surface area contributed by atoms with Crippen LogP contribution < -0.4 is 0 Å². The third-order valence-electron chi connectivity index (χ3n) is 2.80. The van der Waals surface area contributed by atoms with E-state index in [4.69, 9.17) is 9.63 Å². The highest BCUT2D eigenvalue weighted by Gasteiger charge is 2.23. The first-order chi connectivity index (χ1) is 8.70. The molecule has 108 valence electrons. The third-order valence-corrected chi connectivity index (χ3v) is 2.80. The number of carboxylic acid groups (broad SMARTS) is 1. The van der Waals surface area contributed by atoms with Crippen molar-refractivity contribution in [2.24, 2.45) is 0 Å². The predicted molar refractivity (Wildman–Crippen MR) is 70.8 cm³/mol. The summed E-state index contributed by atoms with van der Waals surface area (Å²) in [6.45, 7) is 11.1. The molecule has 0 bridgehead atoms. The highest BCUT2D eigenvalue weighted by atomic mass is 16.5. The van der Waals surface area contributed by atoms with Gasteiger partial charge in [0.15, 0.2) is 5.82 Å². The van der Waals surface area contributed by atoms with Crippen molar-refractivity contribution < 1.29 is 14.4 Å². The van der Waals surface area contributed by atoms with Gasteiger partial charge in [0.05, 0.1) is 13.0 Å². The van der Waals surface area contributed by atoms with Gasteiger partial charge in [-0.05, 0) is 13.8 Å². The van der Waals surface area contributed by atoms with Crippen molar-refractivity contribution in [3.05, 3.63) is 11.7 Å². The number of aromatic nitrogens is 2. The summed E-state index contributed by atoms with van der Waals surface area (Å²) in [4.78, 5) is 17.0. The van der Waals surface area contributed by atoms with Crippen LogP contribution in [-0.2, 0) is 16.8 Å². The Labute approximate surface area is 113 Å². The Morgan fingerprint density at radius 1 is 1.42 bits per heavy atom. The van der Waals surface area contributed by atoms with Crippen molar-refractivity contribution in [2.45, 2.75) is 59.0 Å². The topological polar surface area (TPSA) is 79.5 Å². The normalized spacial score (nSPS) is 12.4. The second-order valence-electron chi connectivity index (χ2n) is 5.97. The lowest BCUT2D eigenvalue weighted by Gasteiger charge is -2.23. The molecule has 0 radical (unpaired) electrons. The van der Waals surface area contributed by atoms with Crippen LogP contribution in [0.5, 0.6) is 0 Å². The molecule has 0 atom stereocenters. The van der Waals surface area contributed by atoms with Gasteiger partial charge in [0.1, 0.15) is 0 Å². The van der Waals surface area contributed by atoms with Crippen LogP contribution in [0, 0.1) is 0 Å². The van der Waals surface area contributed by atoms with Crippen molar-refractivity contribution in [2.75, 3.05) is 6.54 Å². The largest absolute Gasteiger partial charge is 0.481 e. The molecule has 0 aromatic carbocycles. The predicted octanol–water partition coefficient (Wildman–Crippen LogP) is 2.05. The number of carbonyl (C=O) groups is 1. The summed E-state index contributed by atoms with van der Waals surface area (Å²) in [5.41, 5.74) is -0.172. The lowest BCUT2D eigenvalue weighted by Crippen LogP contribution is -2.32. The molecule has 0 amide bonds. The van der Waals surface area contributed by atoms with Gasteiger partial charge in [0, 0.05) is 18.0 Å². The number of aliphatic carboxylic acids is 1. The van der Waals surface area contributed by atoms with E-state index >= 15 is 0 Å². The van der Waals surface area contributed by atoms with Gasteiger partial charge < -0.3 is 9.63 Å². The van der Waals surface area contributed by atoms with E-state index in [1.54, 1.807) is 0 Å². The minimum atomic E-state index is -0.797. The van der Waals surface area contributed by atoms with E-state index in [-0.39, 0.29) is 17.9 Å². The van der Waals surface area contributed by atoms with Gasteiger partial charge in [-0.1, -0.05) is 25.9 Å². The maximum Gasteiger partial charge on any atom is 0.304 e. The van der Waals surface area contributed by atoms with Gasteiger partial charge in [-0.2, -0.15) is 4.98 Å². The molecule has 0 fully saturated rings. The fourth-order valence-electron chi connectivity index (χ4n) is 1.56. The van der Waals surface area contributed by atoms with Gasteiger partial charge in [-0.25, -0.2) is 0 Å². The summed E-state index contributed by atoms with van der Waals surface area (Å²) in [6, 6.07) is 0.232. The maximum atomic E-state index is 10.6. The number of nitrogens with zero attached hydrogens (tertiary/aromatic N) is 3. The fourth-order valence-corrected chi connectivity index (χ4v) is 1.56. The molecular weight excluding hydrogens is 246 g/mol. The molecule has 1 aromatic rings. The van der Waals surface area contributed by atoms with Crippen molar-refractivity contribution in [1.82, 2.24) is 15.0 Å². The van der Waals surface area contributed by atoms with Crippen LogP contribution in [0.4, 0.5) is 0 Å². The molecule has 0 saturated heterocycles. The summed E-state index contributed by atoms with van der Waals surface area (Å²) >= 11 is 0. The summed E-state index contributed by atoms with van der Waals surface area (Å²) in [6.07, 6.45) is 0.113. The lowest BCUT2D eigenvalue weighted by atomic mass is 9.97. The van der Waals surface area contributed by atoms with Crippen molar-refractivity contribution >= 4 is 5.97 Å². The lowest BCUT2D eigenvalue weighted by molar-refractivity contribution is -0.137. The maximum absolute atomic E-state index is 10.6. The highest BCUT2D eigenvalue weighted by Crippen LogP contribution is 2.20. The molecule has 0 aliphatic heterocycles. The fraction of sp³-hybridized carbons (Fsp3) is 0.769. The second kappa shape index (κ2) is 6.14. The molecule has 1 aromatic heterocycles. The average molecular weight is 269 g/mol. The third kappa shape index (κ3) is 4.98. The number of carboxylic acids is 1. The summed E-state index contributed by atoms with van der Waals surface area (Å²) in [7, 11) is 0. The van der Waals surface area contributed by atoms with Crippen LogP contribution in [0.3, 0.4) is 0 Å². The first-order valence-corrected chi connectivity index (χ1v) is 6.49. The molecule has 6 nitrogen and oxygen atoms in total. The van der Waals surface area contributed by atoms with Gasteiger partial charge in [-0.15, -0.1) is 0 Å². The molecule has 19 heavy (non-hydrogen) atoms. The molecule has 0 saturated carbocycles. The Kier molecular flexibility index (Phi) is 5.05. The summed E-state index contributed by atoms with van der Waals surface area (Å²) in [5, 5.41) is 12.7. The van der Waals surface area contributed by atoms with E-state index in [0.29, 0.717) is 24.8 Å². The number of rotatable bonds is 6. The second-order valence-corrected chi connectivity index (χ2v) is 5.97. The van der Waals surface area contributed by atoms with Crippen molar-refractivity contribution in [3.63, 3.8) is 0 Å². The Morgan fingerprint density at radius 3 is 2.47 bits per heavy atom. The first kappa shape index (κ1) is 15.6. The van der Waals surface area contributed by atoms with E-state index in [9.17, 15) is 4.79 Å². The van der Waals surface area contributed by atoms with Crippen molar-refractivity contribution in [1.29, 1.82) is 0 Å². The van der Waals surface area contributed by atoms with E-state index in [2.05, 4.69) is 10.1 Å². The molecule has 1 heterocycles. The number of hydrogen-bond donors (Lipinski definition) is 1. The van der Waals surface area contributed by atoms with E-state index < -0.39 is 5.97 Å². The average Bonchev–Trinajstić information content (AvgIpc) is 2.71. The highest BCUT2D eigenvalue weighted by molar-refractivity contribution is 5.66. The van der Waals surface area contributed by atoms with Crippen LogP contribution in [0.1, 0.15) is 52.8 Å². The Bertz CT molecular complexity index is 421. The molecule has 0 spiro atoms. The zero-order chi connectivity index (χ0) is 14.6. The smallest absolute Gasteiger partial charge is 0.304 e. The summed E-state index contributed by atoms with van der Waals surface area (Å²) < 4.78 is 5.23. The molecule has 6 heteroatoms. The van der Waals surface area contributed by atoms with Gasteiger partial charge in [0.25, 0.3) is 0 Å². The Balaban J connectivity index is 2.69. The Hall–Kier alpha value is -1.43. The zero-order valence-electron chi connectivity index (χ0n) is 12.3. The van der Waals surface area contributed by atoms with Gasteiger partial charge >= 0.3 is 5.97 Å². The molecular formula is C13H23N3O3. The number of hydrogen-bond acceptors (Lipinski definition) is 5. The van der Waals surface area contributed by atoms with Crippen LogP contribution in [-0.4, -0.2) is 38.7 Å². The van der Waals surface area contributed by atoms with Crippen LogP contribution >= 0.6 is 0 Å². The van der Waals surface area contributed by atoms with E-state index in [0.717, 1.165) is 0 Å². The van der Waals surface area contributed by atoms with Crippen LogP contribution in [0.25, 0.3) is 0 Å². The minimum Gasteiger partial charge on any atom is -0.481 e. The van der Waals surface area contributed by atoms with Gasteiger partial charge in [-0.3, -0.25) is 9.69 Å². The summed E-state index contributed by atoms with van der Waals surface area (Å²) in [5.74, 6) is 0.405. The molecule has 1 N–H and O–H groups in total. The molecule has 0 aliphatic carbocycles. The molecule has 1 rings (SSSR count). The minimum absolute atomic E-state index is 0.113. The van der Waals surface area contributed by atoms with E-state index in [1.165, 1.54) is 0 Å². The van der Waals surface area contributed by atoms with E-state index in [1.807, 2.05) is 39.5 Å². The molecule has 0 unspecified atom stereocenters. The van der Waals surface area contributed by atoms with Gasteiger partial charge in [0.2, 0.25) is 5.89 Å². The van der Waals surface area contributed by atoms with Crippen LogP contribution in [0.2, 0.25) is 0 Å². The molecule has 0 aliphatic rings.